The highest BCUT2D eigenvalue weighted by atomic mass is 35.5. The third-order valence-corrected chi connectivity index (χ3v) is 5.39. The molecule has 0 spiro atoms. The number of aliphatic hydroxyl groups excluding tert-OH is 1. The SMILES string of the molecule is CC1(CCC(=O)N2CCC(Nc3cc(C(=O)NC[C@H](O)CCl)ncn3)CC2)N=N1. The minimum Gasteiger partial charge on any atom is -0.390 e. The first-order valence-electron chi connectivity index (χ1n) is 9.71. The van der Waals surface area contributed by atoms with Gasteiger partial charge in [-0.1, -0.05) is 0 Å². The summed E-state index contributed by atoms with van der Waals surface area (Å²) in [5, 5.41) is 23.2. The van der Waals surface area contributed by atoms with Gasteiger partial charge in [0.2, 0.25) is 5.91 Å². The number of alkyl halides is 1. The average molecular weight is 424 g/mol. The Bertz CT molecular complexity index is 762. The Hall–Kier alpha value is -2.33. The number of carbonyl (C=O) groups excluding carboxylic acids is 2. The number of carbonyl (C=O) groups is 2. The molecule has 11 heteroatoms. The Morgan fingerprint density at radius 3 is 2.72 bits per heavy atom. The molecule has 2 aliphatic rings. The van der Waals surface area contributed by atoms with Gasteiger partial charge in [0.05, 0.1) is 12.0 Å². The number of anilines is 1. The summed E-state index contributed by atoms with van der Waals surface area (Å²) < 4.78 is 0. The topological polar surface area (TPSA) is 132 Å². The van der Waals surface area contributed by atoms with Crippen LogP contribution in [0, 0.1) is 0 Å². The molecule has 0 aliphatic carbocycles. The molecule has 1 aromatic heterocycles. The predicted molar refractivity (Wildman–Crippen MR) is 107 cm³/mol. The maximum absolute atomic E-state index is 12.3. The fourth-order valence-corrected chi connectivity index (χ4v) is 3.19. The first-order chi connectivity index (χ1) is 13.9. The maximum Gasteiger partial charge on any atom is 0.270 e. The van der Waals surface area contributed by atoms with Crippen molar-refractivity contribution in [3.63, 3.8) is 0 Å². The highest BCUT2D eigenvalue weighted by Crippen LogP contribution is 2.32. The van der Waals surface area contributed by atoms with Crippen molar-refractivity contribution in [1.82, 2.24) is 20.2 Å². The van der Waals surface area contributed by atoms with Crippen LogP contribution < -0.4 is 10.6 Å². The minimum absolute atomic E-state index is 0.0437. The van der Waals surface area contributed by atoms with E-state index in [4.69, 9.17) is 11.6 Å². The summed E-state index contributed by atoms with van der Waals surface area (Å²) in [6.45, 7) is 3.34. The standard InChI is InChI=1S/C18H26ClN7O3/c1-18(24-25-18)5-2-16(28)26-6-3-12(4-7-26)23-15-8-14(21-11-22-15)17(29)20-10-13(27)9-19/h8,11-13,27H,2-7,9-10H2,1H3,(H,20,29)(H,21,22,23)/t13-/m1/s1. The lowest BCUT2D eigenvalue weighted by atomic mass is 10.0. The fraction of sp³-hybridized carbons (Fsp3) is 0.667. The van der Waals surface area contributed by atoms with E-state index < -0.39 is 12.0 Å². The van der Waals surface area contributed by atoms with Crippen molar-refractivity contribution in [2.45, 2.75) is 50.4 Å². The predicted octanol–water partition coefficient (Wildman–Crippen LogP) is 1.17. The van der Waals surface area contributed by atoms with Crippen LogP contribution in [0.25, 0.3) is 0 Å². The molecule has 0 unspecified atom stereocenters. The van der Waals surface area contributed by atoms with Crippen LogP contribution in [0.4, 0.5) is 5.82 Å². The van der Waals surface area contributed by atoms with Crippen LogP contribution in [-0.4, -0.2) is 75.1 Å². The second kappa shape index (κ2) is 9.45. The summed E-state index contributed by atoms with van der Waals surface area (Å²) in [5.41, 5.74) is -0.129. The van der Waals surface area contributed by atoms with E-state index in [1.54, 1.807) is 6.07 Å². The van der Waals surface area contributed by atoms with Crippen molar-refractivity contribution in [3.05, 3.63) is 18.1 Å². The quantitative estimate of drug-likeness (QED) is 0.511. The normalized spacial score (nSPS) is 18.9. The van der Waals surface area contributed by atoms with Crippen LogP contribution in [0.1, 0.15) is 43.1 Å². The number of nitrogens with zero attached hydrogens (tertiary/aromatic N) is 5. The van der Waals surface area contributed by atoms with E-state index in [0.29, 0.717) is 31.7 Å². The van der Waals surface area contributed by atoms with E-state index in [1.165, 1.54) is 6.33 Å². The number of hydrogen-bond donors (Lipinski definition) is 3. The van der Waals surface area contributed by atoms with E-state index in [-0.39, 0.29) is 35.7 Å². The largest absolute Gasteiger partial charge is 0.390 e. The summed E-state index contributed by atoms with van der Waals surface area (Å²) in [4.78, 5) is 34.5. The van der Waals surface area contributed by atoms with Crippen LogP contribution in [0.5, 0.6) is 0 Å². The van der Waals surface area contributed by atoms with Gasteiger partial charge in [0, 0.05) is 44.6 Å². The number of halogens is 1. The molecule has 3 rings (SSSR count). The van der Waals surface area contributed by atoms with Crippen molar-refractivity contribution >= 4 is 29.2 Å². The number of amides is 2. The monoisotopic (exact) mass is 423 g/mol. The van der Waals surface area contributed by atoms with Gasteiger partial charge in [-0.3, -0.25) is 9.59 Å². The zero-order valence-electron chi connectivity index (χ0n) is 16.3. The fourth-order valence-electron chi connectivity index (χ4n) is 3.09. The molecule has 0 saturated carbocycles. The molecule has 10 nitrogen and oxygen atoms in total. The number of nitrogens with one attached hydrogen (secondary N) is 2. The molecule has 0 aromatic carbocycles. The smallest absolute Gasteiger partial charge is 0.270 e. The lowest BCUT2D eigenvalue weighted by molar-refractivity contribution is -0.132. The van der Waals surface area contributed by atoms with E-state index in [9.17, 15) is 14.7 Å². The molecule has 0 radical (unpaired) electrons. The van der Waals surface area contributed by atoms with Gasteiger partial charge < -0.3 is 20.6 Å². The summed E-state index contributed by atoms with van der Waals surface area (Å²) >= 11 is 5.52. The molecule has 2 amide bonds. The highest BCUT2D eigenvalue weighted by Gasteiger charge is 2.35. The number of likely N-dealkylation sites (tertiary alicyclic amines) is 1. The van der Waals surface area contributed by atoms with Gasteiger partial charge in [-0.05, 0) is 19.8 Å². The van der Waals surface area contributed by atoms with E-state index >= 15 is 0 Å². The highest BCUT2D eigenvalue weighted by molar-refractivity contribution is 6.18. The number of rotatable bonds is 9. The first-order valence-corrected chi connectivity index (χ1v) is 10.2. The zero-order valence-corrected chi connectivity index (χ0v) is 17.1. The zero-order chi connectivity index (χ0) is 20.9. The minimum atomic E-state index is -0.802. The number of aromatic nitrogens is 2. The molecular formula is C18H26ClN7O3. The Balaban J connectivity index is 1.44. The van der Waals surface area contributed by atoms with Crippen LogP contribution in [0.15, 0.2) is 22.6 Å². The molecule has 1 aromatic rings. The molecule has 1 saturated heterocycles. The second-order valence-corrected chi connectivity index (χ2v) is 7.83. The van der Waals surface area contributed by atoms with Crippen molar-refractivity contribution in [2.24, 2.45) is 10.2 Å². The van der Waals surface area contributed by atoms with Crippen molar-refractivity contribution in [2.75, 3.05) is 30.8 Å². The Kier molecular flexibility index (Phi) is 6.96. The van der Waals surface area contributed by atoms with E-state index in [1.807, 2.05) is 11.8 Å². The summed E-state index contributed by atoms with van der Waals surface area (Å²) in [6.07, 6.45) is 3.24. The van der Waals surface area contributed by atoms with Gasteiger partial charge in [-0.15, -0.1) is 11.6 Å². The maximum atomic E-state index is 12.3. The third kappa shape index (κ3) is 6.33. The summed E-state index contributed by atoms with van der Waals surface area (Å²) in [7, 11) is 0. The van der Waals surface area contributed by atoms with Crippen molar-refractivity contribution in [3.8, 4) is 0 Å². The van der Waals surface area contributed by atoms with Crippen molar-refractivity contribution < 1.29 is 14.7 Å². The van der Waals surface area contributed by atoms with Gasteiger partial charge >= 0.3 is 0 Å². The van der Waals surface area contributed by atoms with E-state index in [2.05, 4.69) is 30.8 Å². The van der Waals surface area contributed by atoms with Crippen molar-refractivity contribution in [1.29, 1.82) is 0 Å². The lowest BCUT2D eigenvalue weighted by Crippen LogP contribution is -2.42. The lowest BCUT2D eigenvalue weighted by Gasteiger charge is -2.32. The first kappa shape index (κ1) is 21.4. The van der Waals surface area contributed by atoms with Gasteiger partial charge in [0.1, 0.15) is 17.8 Å². The number of piperidine rings is 1. The number of hydrogen-bond acceptors (Lipinski definition) is 8. The average Bonchev–Trinajstić information content (AvgIpc) is 3.48. The van der Waals surface area contributed by atoms with Crippen LogP contribution in [0.2, 0.25) is 0 Å². The third-order valence-electron chi connectivity index (χ3n) is 5.03. The molecule has 3 N–H and O–H groups in total. The summed E-state index contributed by atoms with van der Waals surface area (Å²) in [5.74, 6) is 0.338. The molecular weight excluding hydrogens is 398 g/mol. The Labute approximate surface area is 174 Å². The van der Waals surface area contributed by atoms with Crippen LogP contribution in [0.3, 0.4) is 0 Å². The molecule has 158 valence electrons. The summed E-state index contributed by atoms with van der Waals surface area (Å²) in [6, 6.07) is 1.73. The van der Waals surface area contributed by atoms with E-state index in [0.717, 1.165) is 12.8 Å². The Morgan fingerprint density at radius 1 is 1.34 bits per heavy atom. The van der Waals surface area contributed by atoms with Gasteiger partial charge in [0.25, 0.3) is 5.91 Å². The molecule has 3 heterocycles. The molecule has 29 heavy (non-hydrogen) atoms. The number of aliphatic hydroxyl groups is 1. The molecule has 2 aliphatic heterocycles. The molecule has 0 bridgehead atoms. The molecule has 1 atom stereocenters. The second-order valence-electron chi connectivity index (χ2n) is 7.52. The Morgan fingerprint density at radius 2 is 2.07 bits per heavy atom. The van der Waals surface area contributed by atoms with Gasteiger partial charge in [-0.2, -0.15) is 10.2 Å². The van der Waals surface area contributed by atoms with Gasteiger partial charge in [0.15, 0.2) is 5.66 Å². The molecule has 1 fully saturated rings. The van der Waals surface area contributed by atoms with Crippen LogP contribution in [-0.2, 0) is 4.79 Å². The van der Waals surface area contributed by atoms with Crippen LogP contribution >= 0.6 is 11.6 Å². The van der Waals surface area contributed by atoms with Gasteiger partial charge in [-0.25, -0.2) is 9.97 Å².